The number of rotatable bonds is 5. The minimum Gasteiger partial charge on any atom is -0.494 e. The SMILES string of the molecule is COc1cnc(OC2CCCN(c3ccnc(C4CC4)n3)C2)nc1. The van der Waals surface area contributed by atoms with Crippen molar-refractivity contribution in [1.29, 1.82) is 0 Å². The Morgan fingerprint density at radius 2 is 1.96 bits per heavy atom. The highest BCUT2D eigenvalue weighted by Gasteiger charge is 2.28. The van der Waals surface area contributed by atoms with Gasteiger partial charge in [0.2, 0.25) is 0 Å². The Hall–Kier alpha value is -2.44. The summed E-state index contributed by atoms with van der Waals surface area (Å²) >= 11 is 0. The summed E-state index contributed by atoms with van der Waals surface area (Å²) in [5.74, 6) is 3.17. The maximum absolute atomic E-state index is 5.93. The van der Waals surface area contributed by atoms with Gasteiger partial charge < -0.3 is 14.4 Å². The Kier molecular flexibility index (Phi) is 4.15. The van der Waals surface area contributed by atoms with Crippen molar-refractivity contribution < 1.29 is 9.47 Å². The summed E-state index contributed by atoms with van der Waals surface area (Å²) in [7, 11) is 1.59. The lowest BCUT2D eigenvalue weighted by atomic mass is 10.1. The molecular formula is C17H21N5O2. The summed E-state index contributed by atoms with van der Waals surface area (Å²) in [6.07, 6.45) is 9.65. The zero-order valence-electron chi connectivity index (χ0n) is 13.8. The van der Waals surface area contributed by atoms with Gasteiger partial charge in [0, 0.05) is 18.7 Å². The topological polar surface area (TPSA) is 73.3 Å². The molecule has 2 fully saturated rings. The number of anilines is 1. The third-order valence-corrected chi connectivity index (χ3v) is 4.42. The maximum atomic E-state index is 5.93. The van der Waals surface area contributed by atoms with E-state index in [-0.39, 0.29) is 6.10 Å². The molecule has 0 radical (unpaired) electrons. The molecule has 2 aromatic heterocycles. The molecule has 3 heterocycles. The van der Waals surface area contributed by atoms with Crippen LogP contribution >= 0.6 is 0 Å². The zero-order chi connectivity index (χ0) is 16.4. The van der Waals surface area contributed by atoms with Gasteiger partial charge in [-0.1, -0.05) is 0 Å². The van der Waals surface area contributed by atoms with Crippen molar-refractivity contribution in [1.82, 2.24) is 19.9 Å². The van der Waals surface area contributed by atoms with Gasteiger partial charge in [-0.15, -0.1) is 0 Å². The summed E-state index contributed by atoms with van der Waals surface area (Å²) in [5, 5.41) is 0. The molecule has 24 heavy (non-hydrogen) atoms. The highest BCUT2D eigenvalue weighted by molar-refractivity contribution is 5.39. The van der Waals surface area contributed by atoms with Gasteiger partial charge >= 0.3 is 6.01 Å². The average Bonchev–Trinajstić information content (AvgIpc) is 3.48. The second kappa shape index (κ2) is 6.59. The van der Waals surface area contributed by atoms with Crippen molar-refractivity contribution >= 4 is 5.82 Å². The van der Waals surface area contributed by atoms with Gasteiger partial charge in [0.1, 0.15) is 17.7 Å². The maximum Gasteiger partial charge on any atom is 0.316 e. The third-order valence-electron chi connectivity index (χ3n) is 4.42. The molecule has 7 nitrogen and oxygen atoms in total. The Bertz CT molecular complexity index is 690. The van der Waals surface area contributed by atoms with Crippen LogP contribution in [0.4, 0.5) is 5.82 Å². The van der Waals surface area contributed by atoms with Crippen LogP contribution in [-0.2, 0) is 0 Å². The first kappa shape index (κ1) is 15.1. The van der Waals surface area contributed by atoms with E-state index in [1.165, 1.54) is 12.8 Å². The van der Waals surface area contributed by atoms with Crippen LogP contribution in [0.25, 0.3) is 0 Å². The van der Waals surface area contributed by atoms with E-state index in [4.69, 9.17) is 14.5 Å². The van der Waals surface area contributed by atoms with Crippen LogP contribution in [0.1, 0.15) is 37.4 Å². The molecule has 1 aliphatic heterocycles. The number of aromatic nitrogens is 4. The quantitative estimate of drug-likeness (QED) is 0.833. The molecule has 0 bridgehead atoms. The van der Waals surface area contributed by atoms with E-state index in [2.05, 4.69) is 19.9 Å². The van der Waals surface area contributed by atoms with E-state index in [1.54, 1.807) is 19.5 Å². The van der Waals surface area contributed by atoms with Crippen LogP contribution in [0.3, 0.4) is 0 Å². The summed E-state index contributed by atoms with van der Waals surface area (Å²) in [5.41, 5.74) is 0. The fraction of sp³-hybridized carbons (Fsp3) is 0.529. The first-order valence-electron chi connectivity index (χ1n) is 8.42. The van der Waals surface area contributed by atoms with E-state index < -0.39 is 0 Å². The highest BCUT2D eigenvalue weighted by atomic mass is 16.5. The Morgan fingerprint density at radius 1 is 1.12 bits per heavy atom. The fourth-order valence-electron chi connectivity index (χ4n) is 2.94. The number of methoxy groups -OCH3 is 1. The molecule has 2 aromatic rings. The molecule has 126 valence electrons. The fourth-order valence-corrected chi connectivity index (χ4v) is 2.94. The Morgan fingerprint density at radius 3 is 2.71 bits per heavy atom. The first-order chi connectivity index (χ1) is 11.8. The van der Waals surface area contributed by atoms with Gasteiger partial charge in [-0.2, -0.15) is 9.97 Å². The molecule has 4 rings (SSSR count). The molecule has 1 aliphatic carbocycles. The normalized spacial score (nSPS) is 20.7. The minimum absolute atomic E-state index is 0.0616. The van der Waals surface area contributed by atoms with Crippen LogP contribution in [0.5, 0.6) is 11.8 Å². The number of piperidine rings is 1. The summed E-state index contributed by atoms with van der Waals surface area (Å²) in [6.45, 7) is 1.78. The van der Waals surface area contributed by atoms with Crippen LogP contribution in [0.2, 0.25) is 0 Å². The highest BCUT2D eigenvalue weighted by Crippen LogP contribution is 2.38. The third kappa shape index (κ3) is 3.39. The summed E-state index contributed by atoms with van der Waals surface area (Å²) < 4.78 is 11.0. The molecule has 0 N–H and O–H groups in total. The number of ether oxygens (including phenoxy) is 2. The molecule has 7 heteroatoms. The van der Waals surface area contributed by atoms with Gasteiger partial charge in [-0.05, 0) is 31.7 Å². The van der Waals surface area contributed by atoms with Crippen LogP contribution in [0, 0.1) is 0 Å². The number of hydrogen-bond donors (Lipinski definition) is 0. The van der Waals surface area contributed by atoms with Crippen LogP contribution in [-0.4, -0.2) is 46.2 Å². The standard InChI is InChI=1S/C17H21N5O2/c1-23-14-9-19-17(20-10-14)24-13-3-2-8-22(11-13)15-6-7-18-16(21-15)12-4-5-12/h6-7,9-10,12-13H,2-5,8,11H2,1H3. The monoisotopic (exact) mass is 327 g/mol. The van der Waals surface area contributed by atoms with Crippen LogP contribution < -0.4 is 14.4 Å². The minimum atomic E-state index is 0.0616. The summed E-state index contributed by atoms with van der Waals surface area (Å²) in [6, 6.07) is 2.38. The molecule has 0 spiro atoms. The molecule has 2 aliphatic rings. The molecule has 1 atom stereocenters. The molecule has 1 unspecified atom stereocenters. The Labute approximate surface area is 141 Å². The van der Waals surface area contributed by atoms with Gasteiger partial charge in [-0.25, -0.2) is 9.97 Å². The summed E-state index contributed by atoms with van der Waals surface area (Å²) in [4.78, 5) is 19.8. The van der Waals surface area contributed by atoms with Crippen molar-refractivity contribution in [3.05, 3.63) is 30.5 Å². The molecule has 0 aromatic carbocycles. The van der Waals surface area contributed by atoms with E-state index in [1.807, 2.05) is 12.3 Å². The van der Waals surface area contributed by atoms with Crippen molar-refractivity contribution in [2.45, 2.75) is 37.7 Å². The van der Waals surface area contributed by atoms with Crippen molar-refractivity contribution in [2.24, 2.45) is 0 Å². The van der Waals surface area contributed by atoms with Crippen molar-refractivity contribution in [3.63, 3.8) is 0 Å². The van der Waals surface area contributed by atoms with Gasteiger partial charge in [0.15, 0.2) is 5.75 Å². The average molecular weight is 327 g/mol. The number of nitrogens with zero attached hydrogens (tertiary/aromatic N) is 5. The lowest BCUT2D eigenvalue weighted by Gasteiger charge is -2.33. The largest absolute Gasteiger partial charge is 0.494 e. The second-order valence-corrected chi connectivity index (χ2v) is 6.28. The van der Waals surface area contributed by atoms with Crippen molar-refractivity contribution in [3.8, 4) is 11.8 Å². The van der Waals surface area contributed by atoms with Gasteiger partial charge in [0.05, 0.1) is 26.0 Å². The lowest BCUT2D eigenvalue weighted by molar-refractivity contribution is 0.163. The zero-order valence-corrected chi connectivity index (χ0v) is 13.8. The smallest absolute Gasteiger partial charge is 0.316 e. The second-order valence-electron chi connectivity index (χ2n) is 6.28. The van der Waals surface area contributed by atoms with E-state index in [0.29, 0.717) is 17.7 Å². The Balaban J connectivity index is 1.42. The van der Waals surface area contributed by atoms with Gasteiger partial charge in [0.25, 0.3) is 0 Å². The molecule has 1 saturated carbocycles. The lowest BCUT2D eigenvalue weighted by Crippen LogP contribution is -2.41. The predicted molar refractivity (Wildman–Crippen MR) is 88.5 cm³/mol. The van der Waals surface area contributed by atoms with E-state index in [9.17, 15) is 0 Å². The first-order valence-corrected chi connectivity index (χ1v) is 8.42. The van der Waals surface area contributed by atoms with E-state index >= 15 is 0 Å². The predicted octanol–water partition coefficient (Wildman–Crippen LogP) is 2.20. The molecular weight excluding hydrogens is 306 g/mol. The molecule has 0 amide bonds. The number of hydrogen-bond acceptors (Lipinski definition) is 7. The van der Waals surface area contributed by atoms with Gasteiger partial charge in [-0.3, -0.25) is 0 Å². The van der Waals surface area contributed by atoms with E-state index in [0.717, 1.165) is 37.6 Å². The van der Waals surface area contributed by atoms with Crippen LogP contribution in [0.15, 0.2) is 24.7 Å². The van der Waals surface area contributed by atoms with Crippen molar-refractivity contribution in [2.75, 3.05) is 25.1 Å². The molecule has 1 saturated heterocycles.